The number of hydrogen-bond donors (Lipinski definition) is 2. The van der Waals surface area contributed by atoms with Crippen molar-refractivity contribution in [2.75, 3.05) is 6.54 Å². The number of nitrogens with one attached hydrogen (secondary N) is 1. The summed E-state index contributed by atoms with van der Waals surface area (Å²) in [5.41, 5.74) is 1.20. The fourth-order valence-electron chi connectivity index (χ4n) is 1.82. The molecule has 1 saturated carbocycles. The molecule has 16 heavy (non-hydrogen) atoms. The first-order chi connectivity index (χ1) is 7.75. The third-order valence-electron chi connectivity index (χ3n) is 3.00. The Kier molecular flexibility index (Phi) is 4.24. The minimum absolute atomic E-state index is 0.303. The number of halogens is 1. The third kappa shape index (κ3) is 3.80. The van der Waals surface area contributed by atoms with Crippen molar-refractivity contribution in [3.8, 4) is 5.75 Å². The van der Waals surface area contributed by atoms with E-state index in [0.717, 1.165) is 23.5 Å². The van der Waals surface area contributed by atoms with Gasteiger partial charge >= 0.3 is 0 Å². The molecule has 0 heterocycles. The van der Waals surface area contributed by atoms with Crippen LogP contribution in [0.1, 0.15) is 31.2 Å². The second kappa shape index (κ2) is 5.69. The van der Waals surface area contributed by atoms with Gasteiger partial charge in [0.2, 0.25) is 0 Å². The summed E-state index contributed by atoms with van der Waals surface area (Å²) in [5, 5.41) is 12.8. The van der Waals surface area contributed by atoms with Crippen molar-refractivity contribution in [1.29, 1.82) is 0 Å². The molecule has 3 heteroatoms. The fraction of sp³-hybridized carbons (Fsp3) is 0.538. The number of phenolic OH excluding ortho intramolecular Hbond substituents is 1. The molecule has 1 aliphatic carbocycles. The monoisotopic (exact) mass is 283 g/mol. The van der Waals surface area contributed by atoms with Crippen molar-refractivity contribution in [2.45, 2.75) is 32.2 Å². The van der Waals surface area contributed by atoms with E-state index < -0.39 is 0 Å². The lowest BCUT2D eigenvalue weighted by Crippen LogP contribution is -2.14. The molecular formula is C13H18BrNO. The van der Waals surface area contributed by atoms with E-state index in [4.69, 9.17) is 0 Å². The molecule has 0 spiro atoms. The second-order valence-corrected chi connectivity index (χ2v) is 5.40. The standard InChI is InChI=1S/C13H18BrNO/c14-12-8-11(5-6-13(12)16)9-15-7-1-2-10-3-4-10/h5-6,8,10,15-16H,1-4,7,9H2. The summed E-state index contributed by atoms with van der Waals surface area (Å²) in [6, 6.07) is 5.64. The molecule has 0 amide bonds. The first-order valence-corrected chi connectivity index (χ1v) is 6.73. The van der Waals surface area contributed by atoms with Crippen LogP contribution in [0.3, 0.4) is 0 Å². The van der Waals surface area contributed by atoms with E-state index in [0.29, 0.717) is 5.75 Å². The van der Waals surface area contributed by atoms with Crippen molar-refractivity contribution in [2.24, 2.45) is 5.92 Å². The number of aromatic hydroxyl groups is 1. The zero-order chi connectivity index (χ0) is 11.4. The van der Waals surface area contributed by atoms with E-state index in [-0.39, 0.29) is 0 Å². The highest BCUT2D eigenvalue weighted by atomic mass is 79.9. The van der Waals surface area contributed by atoms with Gasteiger partial charge in [0, 0.05) is 6.54 Å². The molecule has 0 aliphatic heterocycles. The fourth-order valence-corrected chi connectivity index (χ4v) is 2.24. The molecule has 1 aliphatic rings. The Bertz CT molecular complexity index is 350. The Hall–Kier alpha value is -0.540. The summed E-state index contributed by atoms with van der Waals surface area (Å²) in [5.74, 6) is 1.34. The Morgan fingerprint density at radius 1 is 1.38 bits per heavy atom. The van der Waals surface area contributed by atoms with Crippen LogP contribution in [0, 0.1) is 5.92 Å². The van der Waals surface area contributed by atoms with Gasteiger partial charge in [0.25, 0.3) is 0 Å². The Balaban J connectivity index is 1.65. The molecule has 0 saturated heterocycles. The van der Waals surface area contributed by atoms with Crippen LogP contribution in [0.15, 0.2) is 22.7 Å². The van der Waals surface area contributed by atoms with Crippen molar-refractivity contribution < 1.29 is 5.11 Å². The van der Waals surface area contributed by atoms with Crippen molar-refractivity contribution in [1.82, 2.24) is 5.32 Å². The topological polar surface area (TPSA) is 32.3 Å². The zero-order valence-electron chi connectivity index (χ0n) is 9.38. The molecule has 1 fully saturated rings. The van der Waals surface area contributed by atoms with Crippen LogP contribution in [0.25, 0.3) is 0 Å². The molecule has 0 aromatic heterocycles. The average Bonchev–Trinajstić information content (AvgIpc) is 3.07. The van der Waals surface area contributed by atoms with E-state index >= 15 is 0 Å². The van der Waals surface area contributed by atoms with Crippen LogP contribution in [0.5, 0.6) is 5.75 Å². The SMILES string of the molecule is Oc1ccc(CNCCCC2CC2)cc1Br. The second-order valence-electron chi connectivity index (χ2n) is 4.55. The van der Waals surface area contributed by atoms with Gasteiger partial charge in [0.05, 0.1) is 4.47 Å². The maximum Gasteiger partial charge on any atom is 0.129 e. The minimum Gasteiger partial charge on any atom is -0.507 e. The van der Waals surface area contributed by atoms with Crippen molar-refractivity contribution >= 4 is 15.9 Å². The highest BCUT2D eigenvalue weighted by molar-refractivity contribution is 9.10. The summed E-state index contributed by atoms with van der Waals surface area (Å²) in [6.07, 6.45) is 5.56. The molecule has 2 nitrogen and oxygen atoms in total. The Morgan fingerprint density at radius 3 is 2.88 bits per heavy atom. The van der Waals surface area contributed by atoms with Crippen molar-refractivity contribution in [3.63, 3.8) is 0 Å². The van der Waals surface area contributed by atoms with Crippen LogP contribution in [0.2, 0.25) is 0 Å². The van der Waals surface area contributed by atoms with Crippen LogP contribution in [0.4, 0.5) is 0 Å². The average molecular weight is 284 g/mol. The van der Waals surface area contributed by atoms with Gasteiger partial charge in [-0.05, 0) is 58.9 Å². The molecular weight excluding hydrogens is 266 g/mol. The molecule has 2 rings (SSSR count). The van der Waals surface area contributed by atoms with E-state index in [1.165, 1.54) is 31.2 Å². The number of benzene rings is 1. The van der Waals surface area contributed by atoms with E-state index in [2.05, 4.69) is 21.2 Å². The van der Waals surface area contributed by atoms with Gasteiger partial charge < -0.3 is 10.4 Å². The molecule has 2 N–H and O–H groups in total. The Labute approximate surface area is 105 Å². The van der Waals surface area contributed by atoms with Crippen LogP contribution < -0.4 is 5.32 Å². The van der Waals surface area contributed by atoms with Gasteiger partial charge in [-0.1, -0.05) is 18.9 Å². The lowest BCUT2D eigenvalue weighted by atomic mass is 10.2. The molecule has 0 bridgehead atoms. The lowest BCUT2D eigenvalue weighted by molar-refractivity contribution is 0.471. The first kappa shape index (κ1) is 11.9. The van der Waals surface area contributed by atoms with Crippen LogP contribution >= 0.6 is 15.9 Å². The summed E-state index contributed by atoms with van der Waals surface area (Å²) in [7, 11) is 0. The highest BCUT2D eigenvalue weighted by Crippen LogP contribution is 2.33. The van der Waals surface area contributed by atoms with Gasteiger partial charge in [0.1, 0.15) is 5.75 Å². The van der Waals surface area contributed by atoms with Gasteiger partial charge in [-0.25, -0.2) is 0 Å². The van der Waals surface area contributed by atoms with E-state index in [1.807, 2.05) is 12.1 Å². The Morgan fingerprint density at radius 2 is 2.19 bits per heavy atom. The first-order valence-electron chi connectivity index (χ1n) is 5.94. The summed E-state index contributed by atoms with van der Waals surface area (Å²) >= 11 is 3.32. The molecule has 0 radical (unpaired) electrons. The number of phenols is 1. The summed E-state index contributed by atoms with van der Waals surface area (Å²) in [6.45, 7) is 1.97. The largest absolute Gasteiger partial charge is 0.507 e. The number of hydrogen-bond acceptors (Lipinski definition) is 2. The summed E-state index contributed by atoms with van der Waals surface area (Å²) in [4.78, 5) is 0. The van der Waals surface area contributed by atoms with Gasteiger partial charge in [-0.3, -0.25) is 0 Å². The molecule has 1 aromatic carbocycles. The number of rotatable bonds is 6. The van der Waals surface area contributed by atoms with E-state index in [9.17, 15) is 5.11 Å². The lowest BCUT2D eigenvalue weighted by Gasteiger charge is -2.05. The summed E-state index contributed by atoms with van der Waals surface area (Å²) < 4.78 is 0.768. The minimum atomic E-state index is 0.303. The predicted octanol–water partition coefficient (Wildman–Crippen LogP) is 3.43. The van der Waals surface area contributed by atoms with Gasteiger partial charge in [-0.15, -0.1) is 0 Å². The molecule has 0 atom stereocenters. The maximum atomic E-state index is 9.35. The van der Waals surface area contributed by atoms with Crippen LogP contribution in [-0.4, -0.2) is 11.7 Å². The van der Waals surface area contributed by atoms with Crippen LogP contribution in [-0.2, 0) is 6.54 Å². The molecule has 88 valence electrons. The van der Waals surface area contributed by atoms with Gasteiger partial charge in [0.15, 0.2) is 0 Å². The quantitative estimate of drug-likeness (QED) is 0.784. The molecule has 0 unspecified atom stereocenters. The smallest absolute Gasteiger partial charge is 0.129 e. The zero-order valence-corrected chi connectivity index (χ0v) is 11.0. The molecule has 1 aromatic rings. The van der Waals surface area contributed by atoms with E-state index in [1.54, 1.807) is 6.07 Å². The highest BCUT2D eigenvalue weighted by Gasteiger charge is 2.19. The normalized spacial score (nSPS) is 15.3. The predicted molar refractivity (Wildman–Crippen MR) is 69.5 cm³/mol. The van der Waals surface area contributed by atoms with Crippen molar-refractivity contribution in [3.05, 3.63) is 28.2 Å². The third-order valence-corrected chi connectivity index (χ3v) is 3.64. The van der Waals surface area contributed by atoms with Gasteiger partial charge in [-0.2, -0.15) is 0 Å². The maximum absolute atomic E-state index is 9.35.